The molecule has 0 unspecified atom stereocenters. The van der Waals surface area contributed by atoms with Crippen LogP contribution >= 0.6 is 12.4 Å². The predicted octanol–water partition coefficient (Wildman–Crippen LogP) is 2.02. The average Bonchev–Trinajstić information content (AvgIpc) is 1.89. The van der Waals surface area contributed by atoms with E-state index in [1.54, 1.807) is 0 Å². The summed E-state index contributed by atoms with van der Waals surface area (Å²) in [5.41, 5.74) is 0. The highest BCUT2D eigenvalue weighted by atomic mass is 35.5. The molecule has 0 aliphatic rings. The standard InChI is InChI=1S/C6H10F2O2.ClH/c1-3-6(7,8)5(9)10-4-2;/h3-4H2,1-2H3;1H. The molecular weight excluding hydrogens is 178 g/mol. The summed E-state index contributed by atoms with van der Waals surface area (Å²) in [4.78, 5) is 10.3. The zero-order valence-corrected chi connectivity index (χ0v) is 7.21. The largest absolute Gasteiger partial charge is 0.462 e. The minimum atomic E-state index is -3.31. The summed E-state index contributed by atoms with van der Waals surface area (Å²) in [6.07, 6.45) is -0.508. The maximum absolute atomic E-state index is 12.3. The molecule has 11 heavy (non-hydrogen) atoms. The van der Waals surface area contributed by atoms with Gasteiger partial charge in [0.15, 0.2) is 0 Å². The van der Waals surface area contributed by atoms with Gasteiger partial charge in [-0.05, 0) is 6.92 Å². The summed E-state index contributed by atoms with van der Waals surface area (Å²) in [6.45, 7) is 2.72. The normalized spacial score (nSPS) is 10.2. The number of rotatable bonds is 3. The third-order valence-electron chi connectivity index (χ3n) is 1.02. The first-order valence-electron chi connectivity index (χ1n) is 3.09. The molecule has 0 radical (unpaired) electrons. The highest BCUT2D eigenvalue weighted by Gasteiger charge is 2.37. The quantitative estimate of drug-likeness (QED) is 0.634. The van der Waals surface area contributed by atoms with Crippen LogP contribution in [0.4, 0.5) is 8.78 Å². The van der Waals surface area contributed by atoms with E-state index < -0.39 is 18.3 Å². The second-order valence-electron chi connectivity index (χ2n) is 1.78. The zero-order chi connectivity index (χ0) is 8.20. The second-order valence-corrected chi connectivity index (χ2v) is 1.78. The van der Waals surface area contributed by atoms with Gasteiger partial charge in [0.25, 0.3) is 0 Å². The van der Waals surface area contributed by atoms with E-state index in [1.165, 1.54) is 13.8 Å². The van der Waals surface area contributed by atoms with Crippen LogP contribution in [-0.4, -0.2) is 18.5 Å². The van der Waals surface area contributed by atoms with Crippen molar-refractivity contribution in [3.8, 4) is 0 Å². The van der Waals surface area contributed by atoms with Crippen molar-refractivity contribution in [2.24, 2.45) is 0 Å². The van der Waals surface area contributed by atoms with Crippen molar-refractivity contribution < 1.29 is 18.3 Å². The molecule has 0 heterocycles. The van der Waals surface area contributed by atoms with E-state index >= 15 is 0 Å². The first kappa shape index (κ1) is 13.2. The van der Waals surface area contributed by atoms with Crippen LogP contribution in [-0.2, 0) is 9.53 Å². The molecule has 0 rings (SSSR count). The van der Waals surface area contributed by atoms with Crippen LogP contribution in [0.2, 0.25) is 0 Å². The van der Waals surface area contributed by atoms with Gasteiger partial charge in [0, 0.05) is 6.42 Å². The third kappa shape index (κ3) is 4.14. The van der Waals surface area contributed by atoms with Gasteiger partial charge in [0.2, 0.25) is 0 Å². The first-order chi connectivity index (χ1) is 4.54. The van der Waals surface area contributed by atoms with Crippen molar-refractivity contribution in [3.63, 3.8) is 0 Å². The molecule has 0 aliphatic heterocycles. The van der Waals surface area contributed by atoms with Gasteiger partial charge < -0.3 is 4.74 Å². The lowest BCUT2D eigenvalue weighted by molar-refractivity contribution is -0.171. The summed E-state index contributed by atoms with van der Waals surface area (Å²) in [5, 5.41) is 0. The summed E-state index contributed by atoms with van der Waals surface area (Å²) in [7, 11) is 0. The molecule has 0 N–H and O–H groups in total. The Morgan fingerprint density at radius 1 is 1.45 bits per heavy atom. The minimum Gasteiger partial charge on any atom is -0.462 e. The van der Waals surface area contributed by atoms with Crippen molar-refractivity contribution in [2.75, 3.05) is 6.61 Å². The Labute approximate surface area is 70.3 Å². The predicted molar refractivity (Wildman–Crippen MR) is 39.1 cm³/mol. The van der Waals surface area contributed by atoms with Crippen LogP contribution in [0.1, 0.15) is 20.3 Å². The number of carbonyl (C=O) groups is 1. The SMILES string of the molecule is CCOC(=O)C(F)(F)CC.Cl. The van der Waals surface area contributed by atoms with Crippen molar-refractivity contribution in [2.45, 2.75) is 26.2 Å². The number of esters is 1. The topological polar surface area (TPSA) is 26.3 Å². The van der Waals surface area contributed by atoms with Gasteiger partial charge in [-0.1, -0.05) is 6.92 Å². The molecule has 0 saturated carbocycles. The van der Waals surface area contributed by atoms with Gasteiger partial charge >= 0.3 is 11.9 Å². The molecule has 0 saturated heterocycles. The highest BCUT2D eigenvalue weighted by molar-refractivity contribution is 5.85. The Bertz CT molecular complexity index is 128. The summed E-state index contributed by atoms with van der Waals surface area (Å²) in [5.74, 6) is -4.74. The van der Waals surface area contributed by atoms with E-state index in [4.69, 9.17) is 0 Å². The monoisotopic (exact) mass is 188 g/mol. The molecule has 0 aromatic rings. The molecule has 0 amide bonds. The zero-order valence-electron chi connectivity index (χ0n) is 6.39. The Balaban J connectivity index is 0. The maximum atomic E-state index is 12.3. The molecule has 0 atom stereocenters. The molecule has 0 spiro atoms. The van der Waals surface area contributed by atoms with E-state index in [1.807, 2.05) is 0 Å². The van der Waals surface area contributed by atoms with E-state index in [2.05, 4.69) is 4.74 Å². The molecule has 0 aromatic heterocycles. The van der Waals surface area contributed by atoms with Crippen LogP contribution < -0.4 is 0 Å². The fraction of sp³-hybridized carbons (Fsp3) is 0.833. The van der Waals surface area contributed by atoms with Crippen LogP contribution in [0.3, 0.4) is 0 Å². The Hall–Kier alpha value is -0.380. The van der Waals surface area contributed by atoms with Crippen LogP contribution in [0.15, 0.2) is 0 Å². The summed E-state index contributed by atoms with van der Waals surface area (Å²) in [6, 6.07) is 0. The third-order valence-corrected chi connectivity index (χ3v) is 1.02. The number of alkyl halides is 2. The lowest BCUT2D eigenvalue weighted by Crippen LogP contribution is -2.29. The van der Waals surface area contributed by atoms with Crippen molar-refractivity contribution >= 4 is 18.4 Å². The van der Waals surface area contributed by atoms with Crippen LogP contribution in [0, 0.1) is 0 Å². The summed E-state index contributed by atoms with van der Waals surface area (Å²) >= 11 is 0. The minimum absolute atomic E-state index is 0. The van der Waals surface area contributed by atoms with Crippen LogP contribution in [0.5, 0.6) is 0 Å². The van der Waals surface area contributed by atoms with E-state index in [0.717, 1.165) is 0 Å². The molecule has 2 nitrogen and oxygen atoms in total. The van der Waals surface area contributed by atoms with Gasteiger partial charge in [-0.15, -0.1) is 12.4 Å². The Morgan fingerprint density at radius 3 is 2.18 bits per heavy atom. The lowest BCUT2D eigenvalue weighted by Gasteiger charge is -2.10. The van der Waals surface area contributed by atoms with E-state index in [0.29, 0.717) is 0 Å². The smallest absolute Gasteiger partial charge is 0.376 e. The Kier molecular flexibility index (Phi) is 6.37. The van der Waals surface area contributed by atoms with Gasteiger partial charge in [0.1, 0.15) is 0 Å². The first-order valence-corrected chi connectivity index (χ1v) is 3.09. The summed E-state index contributed by atoms with van der Waals surface area (Å²) < 4.78 is 28.6. The van der Waals surface area contributed by atoms with Crippen LogP contribution in [0.25, 0.3) is 0 Å². The lowest BCUT2D eigenvalue weighted by atomic mass is 10.3. The Morgan fingerprint density at radius 2 is 1.91 bits per heavy atom. The molecule has 5 heteroatoms. The number of ether oxygens (including phenoxy) is 1. The number of hydrogen-bond donors (Lipinski definition) is 0. The highest BCUT2D eigenvalue weighted by Crippen LogP contribution is 2.18. The average molecular weight is 189 g/mol. The van der Waals surface area contributed by atoms with E-state index in [-0.39, 0.29) is 19.0 Å². The van der Waals surface area contributed by atoms with Gasteiger partial charge in [-0.3, -0.25) is 0 Å². The fourth-order valence-corrected chi connectivity index (χ4v) is 0.381. The van der Waals surface area contributed by atoms with Crippen molar-refractivity contribution in [1.29, 1.82) is 0 Å². The molecule has 0 aromatic carbocycles. The molecule has 0 bridgehead atoms. The fourth-order valence-electron chi connectivity index (χ4n) is 0.381. The van der Waals surface area contributed by atoms with Gasteiger partial charge in [-0.25, -0.2) is 4.79 Å². The number of carbonyl (C=O) groups excluding carboxylic acids is 1. The number of halogens is 3. The van der Waals surface area contributed by atoms with E-state index in [9.17, 15) is 13.6 Å². The molecule has 68 valence electrons. The second kappa shape index (κ2) is 5.29. The molecule has 0 fully saturated rings. The molecular formula is C6H11ClF2O2. The van der Waals surface area contributed by atoms with Crippen molar-refractivity contribution in [1.82, 2.24) is 0 Å². The number of hydrogen-bond acceptors (Lipinski definition) is 2. The van der Waals surface area contributed by atoms with Gasteiger partial charge in [0.05, 0.1) is 6.61 Å². The van der Waals surface area contributed by atoms with Crippen molar-refractivity contribution in [3.05, 3.63) is 0 Å². The molecule has 0 aliphatic carbocycles. The maximum Gasteiger partial charge on any atom is 0.376 e. The van der Waals surface area contributed by atoms with Gasteiger partial charge in [-0.2, -0.15) is 8.78 Å².